The topological polar surface area (TPSA) is 105 Å². The molecule has 0 bridgehead atoms. The monoisotopic (exact) mass is 284 g/mol. The standard InChI is InChI=1S/C11H16N4O3S/c12-14-11(16)9-3-6-15(7-4-9)19(17,18)10-2-1-5-13-8-10/h1-2,5,8-9H,3-4,6-7,12H2,(H,14,16). The van der Waals surface area contributed by atoms with E-state index in [1.807, 2.05) is 0 Å². The van der Waals surface area contributed by atoms with Crippen LogP contribution in [0.1, 0.15) is 12.8 Å². The van der Waals surface area contributed by atoms with Crippen LogP contribution in [0.15, 0.2) is 29.4 Å². The van der Waals surface area contributed by atoms with Crippen molar-refractivity contribution in [3.63, 3.8) is 0 Å². The minimum absolute atomic E-state index is 0.178. The molecule has 0 unspecified atom stereocenters. The maximum absolute atomic E-state index is 12.3. The number of carbonyl (C=O) groups excluding carboxylic acids is 1. The Morgan fingerprint density at radius 3 is 2.63 bits per heavy atom. The summed E-state index contributed by atoms with van der Waals surface area (Å²) in [6.07, 6.45) is 3.80. The van der Waals surface area contributed by atoms with Crippen LogP contribution in [0.2, 0.25) is 0 Å². The summed E-state index contributed by atoms with van der Waals surface area (Å²) in [6.45, 7) is 0.630. The molecule has 7 nitrogen and oxygen atoms in total. The van der Waals surface area contributed by atoms with Gasteiger partial charge in [0.2, 0.25) is 15.9 Å². The molecule has 1 saturated heterocycles. The van der Waals surface area contributed by atoms with E-state index in [1.165, 1.54) is 22.8 Å². The Bertz CT molecular complexity index is 538. The Morgan fingerprint density at radius 1 is 1.42 bits per heavy atom. The maximum atomic E-state index is 12.3. The fourth-order valence-electron chi connectivity index (χ4n) is 2.12. The molecular weight excluding hydrogens is 268 g/mol. The molecule has 0 radical (unpaired) electrons. The highest BCUT2D eigenvalue weighted by atomic mass is 32.2. The van der Waals surface area contributed by atoms with E-state index in [4.69, 9.17) is 5.84 Å². The third-order valence-corrected chi connectivity index (χ3v) is 5.12. The number of hydrazine groups is 1. The van der Waals surface area contributed by atoms with Crippen molar-refractivity contribution in [3.05, 3.63) is 24.5 Å². The zero-order chi connectivity index (χ0) is 13.9. The van der Waals surface area contributed by atoms with Crippen molar-refractivity contribution in [2.45, 2.75) is 17.7 Å². The Morgan fingerprint density at radius 2 is 2.11 bits per heavy atom. The molecule has 1 aliphatic rings. The van der Waals surface area contributed by atoms with Crippen LogP contribution in [0.5, 0.6) is 0 Å². The van der Waals surface area contributed by atoms with Gasteiger partial charge in [0.1, 0.15) is 4.90 Å². The number of pyridine rings is 1. The summed E-state index contributed by atoms with van der Waals surface area (Å²) in [5, 5.41) is 0. The minimum Gasteiger partial charge on any atom is -0.294 e. The molecule has 0 spiro atoms. The quantitative estimate of drug-likeness (QED) is 0.441. The van der Waals surface area contributed by atoms with Gasteiger partial charge in [0.05, 0.1) is 0 Å². The van der Waals surface area contributed by atoms with E-state index in [2.05, 4.69) is 10.4 Å². The third-order valence-electron chi connectivity index (χ3n) is 3.24. The fourth-order valence-corrected chi connectivity index (χ4v) is 3.56. The van der Waals surface area contributed by atoms with Gasteiger partial charge in [-0.25, -0.2) is 14.3 Å². The van der Waals surface area contributed by atoms with Gasteiger partial charge in [0, 0.05) is 31.4 Å². The molecule has 0 atom stereocenters. The van der Waals surface area contributed by atoms with Crippen LogP contribution < -0.4 is 11.3 Å². The average Bonchev–Trinajstić information content (AvgIpc) is 2.47. The van der Waals surface area contributed by atoms with E-state index in [9.17, 15) is 13.2 Å². The highest BCUT2D eigenvalue weighted by molar-refractivity contribution is 7.89. The average molecular weight is 284 g/mol. The highest BCUT2D eigenvalue weighted by Gasteiger charge is 2.31. The predicted octanol–water partition coefficient (Wildman–Crippen LogP) is -0.528. The van der Waals surface area contributed by atoms with Gasteiger partial charge in [-0.3, -0.25) is 15.2 Å². The number of sulfonamides is 1. The van der Waals surface area contributed by atoms with E-state index in [-0.39, 0.29) is 16.7 Å². The number of amides is 1. The van der Waals surface area contributed by atoms with Crippen LogP contribution in [-0.4, -0.2) is 36.7 Å². The van der Waals surface area contributed by atoms with Crippen molar-refractivity contribution in [2.75, 3.05) is 13.1 Å². The van der Waals surface area contributed by atoms with Crippen LogP contribution in [0.25, 0.3) is 0 Å². The summed E-state index contributed by atoms with van der Waals surface area (Å²) >= 11 is 0. The van der Waals surface area contributed by atoms with Crippen molar-refractivity contribution in [2.24, 2.45) is 11.8 Å². The van der Waals surface area contributed by atoms with E-state index in [0.29, 0.717) is 25.9 Å². The molecule has 8 heteroatoms. The van der Waals surface area contributed by atoms with Crippen molar-refractivity contribution >= 4 is 15.9 Å². The van der Waals surface area contributed by atoms with Crippen molar-refractivity contribution in [3.8, 4) is 0 Å². The van der Waals surface area contributed by atoms with E-state index >= 15 is 0 Å². The van der Waals surface area contributed by atoms with Gasteiger partial charge in [0.15, 0.2) is 0 Å². The molecule has 0 aromatic carbocycles. The molecular formula is C11H16N4O3S. The smallest absolute Gasteiger partial charge is 0.244 e. The van der Waals surface area contributed by atoms with Crippen LogP contribution >= 0.6 is 0 Å². The molecule has 19 heavy (non-hydrogen) atoms. The van der Waals surface area contributed by atoms with Gasteiger partial charge in [-0.1, -0.05) is 0 Å². The predicted molar refractivity (Wildman–Crippen MR) is 68.0 cm³/mol. The maximum Gasteiger partial charge on any atom is 0.244 e. The number of nitrogens with one attached hydrogen (secondary N) is 1. The number of piperidine rings is 1. The number of rotatable bonds is 3. The summed E-state index contributed by atoms with van der Waals surface area (Å²) in [5.41, 5.74) is 2.10. The van der Waals surface area contributed by atoms with E-state index in [0.717, 1.165) is 0 Å². The Balaban J connectivity index is 2.08. The van der Waals surface area contributed by atoms with Crippen LogP contribution in [0.4, 0.5) is 0 Å². The van der Waals surface area contributed by atoms with Gasteiger partial charge < -0.3 is 0 Å². The largest absolute Gasteiger partial charge is 0.294 e. The molecule has 1 aliphatic heterocycles. The molecule has 2 rings (SSSR count). The number of aromatic nitrogens is 1. The minimum atomic E-state index is -3.51. The molecule has 1 fully saturated rings. The first kappa shape index (κ1) is 13.9. The van der Waals surface area contributed by atoms with Gasteiger partial charge in [0.25, 0.3) is 0 Å². The lowest BCUT2D eigenvalue weighted by Crippen LogP contribution is -2.44. The van der Waals surface area contributed by atoms with E-state index < -0.39 is 10.0 Å². The lowest BCUT2D eigenvalue weighted by atomic mass is 9.98. The number of hydrogen-bond acceptors (Lipinski definition) is 5. The second kappa shape index (κ2) is 5.64. The second-order valence-corrected chi connectivity index (χ2v) is 6.31. The highest BCUT2D eigenvalue weighted by Crippen LogP contribution is 2.23. The molecule has 3 N–H and O–H groups in total. The van der Waals surface area contributed by atoms with Gasteiger partial charge >= 0.3 is 0 Å². The normalized spacial score (nSPS) is 18.2. The molecule has 1 aromatic rings. The summed E-state index contributed by atoms with van der Waals surface area (Å²) in [6, 6.07) is 3.10. The van der Waals surface area contributed by atoms with Crippen LogP contribution in [-0.2, 0) is 14.8 Å². The Labute approximate surface area is 111 Å². The van der Waals surface area contributed by atoms with E-state index in [1.54, 1.807) is 6.07 Å². The second-order valence-electron chi connectivity index (χ2n) is 4.38. The SMILES string of the molecule is NNC(=O)C1CCN(S(=O)(=O)c2cccnc2)CC1. The van der Waals surface area contributed by atoms with Gasteiger partial charge in [-0.15, -0.1) is 0 Å². The molecule has 0 saturated carbocycles. The Hall–Kier alpha value is -1.51. The first-order chi connectivity index (χ1) is 9.05. The van der Waals surface area contributed by atoms with Crippen molar-refractivity contribution < 1.29 is 13.2 Å². The Kier molecular flexibility index (Phi) is 4.13. The van der Waals surface area contributed by atoms with Gasteiger partial charge in [-0.05, 0) is 25.0 Å². The summed E-state index contributed by atoms with van der Waals surface area (Å²) < 4.78 is 26.0. The molecule has 0 aliphatic carbocycles. The number of nitrogens with zero attached hydrogens (tertiary/aromatic N) is 2. The zero-order valence-corrected chi connectivity index (χ0v) is 11.1. The lowest BCUT2D eigenvalue weighted by Gasteiger charge is -2.30. The zero-order valence-electron chi connectivity index (χ0n) is 10.3. The number of carbonyl (C=O) groups is 1. The molecule has 2 heterocycles. The molecule has 1 amide bonds. The third kappa shape index (κ3) is 2.91. The molecule has 104 valence electrons. The first-order valence-electron chi connectivity index (χ1n) is 5.96. The van der Waals surface area contributed by atoms with Crippen LogP contribution in [0.3, 0.4) is 0 Å². The summed E-state index contributed by atoms with van der Waals surface area (Å²) in [4.78, 5) is 15.4. The molecule has 1 aromatic heterocycles. The fraction of sp³-hybridized carbons (Fsp3) is 0.455. The van der Waals surface area contributed by atoms with Crippen molar-refractivity contribution in [1.82, 2.24) is 14.7 Å². The van der Waals surface area contributed by atoms with Gasteiger partial charge in [-0.2, -0.15) is 4.31 Å². The lowest BCUT2D eigenvalue weighted by molar-refractivity contribution is -0.126. The number of hydrogen-bond donors (Lipinski definition) is 2. The summed E-state index contributed by atoms with van der Waals surface area (Å²) in [5.74, 6) is 4.62. The summed E-state index contributed by atoms with van der Waals surface area (Å²) in [7, 11) is -3.51. The van der Waals surface area contributed by atoms with Crippen LogP contribution in [0, 0.1) is 5.92 Å². The number of nitrogens with two attached hydrogens (primary N) is 1. The first-order valence-corrected chi connectivity index (χ1v) is 7.40. The van der Waals surface area contributed by atoms with Crippen molar-refractivity contribution in [1.29, 1.82) is 0 Å².